The molecule has 0 spiro atoms. The zero-order valence-electron chi connectivity index (χ0n) is 46.5. The molecule has 4 aromatic heterocycles. The van der Waals surface area contributed by atoms with Crippen molar-refractivity contribution in [1.82, 2.24) is 39.5 Å². The molecule has 2 saturated heterocycles. The standard InChI is InChI=1S/2C26H29N7O.2C4H4O4/c2*1-31-11-13-32(14-12-31)19-15-20(16-19)33-26-23(25(27)28-17-29-26)24(30-33)18-7-9-22(10-8-18)34-21-5-3-2-4-6-21;2*5-3(6)1-2-4(7)8/h2*2-10,17,19-20H,11-16H2,1H3,(H2,27,28,29);2*1-2H,(H,5,6)(H,7,8)/b;;2*2-1-. The molecule has 2 saturated carbocycles. The molecule has 2 aliphatic heterocycles. The number of carbonyl (C=O) groups excluding carboxylic acids is 4. The van der Waals surface area contributed by atoms with E-state index >= 15 is 0 Å². The Morgan fingerprint density at radius 3 is 1.08 bits per heavy atom. The number of benzene rings is 4. The van der Waals surface area contributed by atoms with Crippen LogP contribution in [-0.2, 0) is 19.2 Å². The molecule has 2 aliphatic carbocycles. The van der Waals surface area contributed by atoms with Crippen LogP contribution in [-0.4, -0.2) is 142 Å². The van der Waals surface area contributed by atoms with E-state index in [0.717, 1.165) is 105 Å². The number of nitrogens with two attached hydrogens (primary N) is 2. The van der Waals surface area contributed by atoms with Gasteiger partial charge in [-0.1, -0.05) is 36.4 Å². The molecule has 4 aromatic carbocycles. The Hall–Kier alpha value is -9.62. The Morgan fingerprint density at radius 1 is 0.464 bits per heavy atom. The van der Waals surface area contributed by atoms with Crippen molar-refractivity contribution in [3.63, 3.8) is 0 Å². The lowest BCUT2D eigenvalue weighted by Gasteiger charge is -2.41. The molecule has 0 unspecified atom stereocenters. The van der Waals surface area contributed by atoms with Crippen LogP contribution >= 0.6 is 0 Å². The molecule has 4 aliphatic rings. The molecule has 24 heteroatoms. The maximum atomic E-state index is 9.41. The molecule has 8 aromatic rings. The normalized spacial score (nSPS) is 21.7. The van der Waals surface area contributed by atoms with Crippen LogP contribution in [0.15, 0.2) is 146 Å². The summed E-state index contributed by atoms with van der Waals surface area (Å²) in [6.45, 7) is 10.1. The van der Waals surface area contributed by atoms with Gasteiger partial charge in [0.25, 0.3) is 0 Å². The summed E-state index contributed by atoms with van der Waals surface area (Å²) in [5.74, 6) is -2.06. The predicted molar refractivity (Wildman–Crippen MR) is 300 cm³/mol. The lowest BCUT2D eigenvalue weighted by atomic mass is 9.85. The fraction of sp³-hybridized carbons (Fsp3) is 0.300. The summed E-state index contributed by atoms with van der Waals surface area (Å²) in [6.07, 6.45) is 9.17. The van der Waals surface area contributed by atoms with E-state index in [1.807, 2.05) is 109 Å². The third-order valence-corrected chi connectivity index (χ3v) is 15.5. The summed E-state index contributed by atoms with van der Waals surface area (Å²) < 4.78 is 16.1. The number of para-hydroxylation sites is 2. The second-order valence-corrected chi connectivity index (χ2v) is 21.2. The number of anilines is 2. The van der Waals surface area contributed by atoms with Crippen LogP contribution in [0.25, 0.3) is 44.6 Å². The molecule has 84 heavy (non-hydrogen) atoms. The van der Waals surface area contributed by atoms with Crippen LogP contribution in [0.4, 0.5) is 11.6 Å². The number of rotatable bonds is 14. The SMILES string of the molecule is C[NH+]1CC[NH+](C2CC(n3nc(-c4ccc(Oc5ccccc5)cc4)c4c(N)ncnc43)C2)CC1.C[NH+]1CC[NH+](C2CC(n3nc(-c4ccc(Oc5ccccc5)cc4)c4c(N)ncnc43)C2)CC1.O=C([O-])/C=C\C(=O)[O-].O=C([O-])/C=C\C(=O)[O-]. The molecule has 6 heterocycles. The van der Waals surface area contributed by atoms with Crippen LogP contribution in [0.5, 0.6) is 23.0 Å². The molecule has 0 radical (unpaired) electrons. The third kappa shape index (κ3) is 15.1. The van der Waals surface area contributed by atoms with Crippen molar-refractivity contribution in [1.29, 1.82) is 0 Å². The quantitative estimate of drug-likeness (QED) is 0.0566. The highest BCUT2D eigenvalue weighted by molar-refractivity contribution is 5.99. The van der Waals surface area contributed by atoms with E-state index in [9.17, 15) is 39.6 Å². The van der Waals surface area contributed by atoms with Crippen molar-refractivity contribution in [3.05, 3.63) is 146 Å². The molecule has 436 valence electrons. The molecule has 0 bridgehead atoms. The van der Waals surface area contributed by atoms with E-state index in [1.54, 1.807) is 32.3 Å². The number of nitrogens with zero attached hydrogens (tertiary/aromatic N) is 8. The maximum Gasteiger partial charge on any atom is 0.164 e. The molecule has 4 fully saturated rings. The van der Waals surface area contributed by atoms with Gasteiger partial charge in [0, 0.05) is 36.8 Å². The van der Waals surface area contributed by atoms with Gasteiger partial charge in [-0.25, -0.2) is 29.3 Å². The second kappa shape index (κ2) is 27.4. The van der Waals surface area contributed by atoms with Crippen molar-refractivity contribution < 1.29 is 68.7 Å². The van der Waals surface area contributed by atoms with Gasteiger partial charge in [-0.3, -0.25) is 0 Å². The lowest BCUT2D eigenvalue weighted by molar-refractivity contribution is -1.02. The Balaban J connectivity index is 0.000000160. The second-order valence-electron chi connectivity index (χ2n) is 21.2. The van der Waals surface area contributed by atoms with Crippen molar-refractivity contribution in [2.45, 2.75) is 49.9 Å². The van der Waals surface area contributed by atoms with Crippen LogP contribution in [0, 0.1) is 0 Å². The fourth-order valence-corrected chi connectivity index (χ4v) is 10.8. The number of aliphatic carboxylic acids is 4. The van der Waals surface area contributed by atoms with Crippen molar-refractivity contribution >= 4 is 57.6 Å². The number of fused-ring (bicyclic) bond motifs is 2. The Kier molecular flexibility index (Phi) is 19.3. The highest BCUT2D eigenvalue weighted by Gasteiger charge is 2.43. The topological polar surface area (TPSA) is 336 Å². The van der Waals surface area contributed by atoms with Crippen LogP contribution < -0.4 is 61.0 Å². The number of aromatic nitrogens is 8. The van der Waals surface area contributed by atoms with Crippen molar-refractivity contribution in [2.24, 2.45) is 0 Å². The predicted octanol–water partition coefficient (Wildman–Crippen LogP) is -3.95. The fourth-order valence-electron chi connectivity index (χ4n) is 10.8. The number of nitrogens with one attached hydrogen (secondary N) is 4. The number of piperazine rings is 2. The van der Waals surface area contributed by atoms with Crippen LogP contribution in [0.2, 0.25) is 0 Å². The van der Waals surface area contributed by atoms with Gasteiger partial charge in [-0.05, 0) is 97.1 Å². The smallest absolute Gasteiger partial charge is 0.164 e. The van der Waals surface area contributed by atoms with Gasteiger partial charge in [-0.15, -0.1) is 0 Å². The maximum absolute atomic E-state index is 9.41. The van der Waals surface area contributed by atoms with E-state index in [4.69, 9.17) is 31.1 Å². The van der Waals surface area contributed by atoms with E-state index in [1.165, 1.54) is 52.4 Å². The first-order valence-electron chi connectivity index (χ1n) is 27.7. The van der Waals surface area contributed by atoms with Gasteiger partial charge < -0.3 is 80.1 Å². The molecular weight excluding hydrogens is 1080 g/mol. The van der Waals surface area contributed by atoms with Gasteiger partial charge in [0.05, 0.1) is 72.9 Å². The number of carboxylic acids is 4. The Labute approximate surface area is 483 Å². The first-order valence-corrected chi connectivity index (χ1v) is 27.7. The summed E-state index contributed by atoms with van der Waals surface area (Å²) in [5, 5.41) is 49.4. The van der Waals surface area contributed by atoms with Gasteiger partial charge in [-0.2, -0.15) is 10.2 Å². The summed E-state index contributed by atoms with van der Waals surface area (Å²) >= 11 is 0. The molecule has 0 atom stereocenters. The average molecular weight is 1140 g/mol. The number of quaternary nitrogens is 4. The number of nitrogen functional groups attached to an aromatic ring is 2. The highest BCUT2D eigenvalue weighted by Crippen LogP contribution is 2.40. The van der Waals surface area contributed by atoms with E-state index in [2.05, 4.69) is 43.4 Å². The zero-order valence-corrected chi connectivity index (χ0v) is 46.5. The first kappa shape index (κ1) is 59.0. The number of hydrogen-bond donors (Lipinski definition) is 6. The highest BCUT2D eigenvalue weighted by atomic mass is 16.5. The molecular formula is C60H66N14O10. The monoisotopic (exact) mass is 1140 g/mol. The lowest BCUT2D eigenvalue weighted by Crippen LogP contribution is -3.29. The summed E-state index contributed by atoms with van der Waals surface area (Å²) in [4.78, 5) is 62.2. The minimum atomic E-state index is -1.55. The molecule has 8 N–H and O–H groups in total. The van der Waals surface area contributed by atoms with Crippen molar-refractivity contribution in [3.8, 4) is 45.5 Å². The largest absolute Gasteiger partial charge is 0.545 e. The summed E-state index contributed by atoms with van der Waals surface area (Å²) in [5.41, 5.74) is 17.9. The van der Waals surface area contributed by atoms with Crippen LogP contribution in [0.3, 0.4) is 0 Å². The minimum absolute atomic E-state index is 0.357. The van der Waals surface area contributed by atoms with E-state index < -0.39 is 23.9 Å². The minimum Gasteiger partial charge on any atom is -0.545 e. The van der Waals surface area contributed by atoms with Crippen molar-refractivity contribution in [2.75, 3.05) is 77.9 Å². The van der Waals surface area contributed by atoms with Crippen LogP contribution in [0.1, 0.15) is 37.8 Å². The van der Waals surface area contributed by atoms with Gasteiger partial charge in [0.15, 0.2) is 11.3 Å². The molecule has 0 amide bonds. The zero-order chi connectivity index (χ0) is 59.3. The average Bonchev–Trinajstić information content (AvgIpc) is 2.02. The molecule has 24 nitrogen and oxygen atoms in total. The number of ether oxygens (including phenoxy) is 2. The summed E-state index contributed by atoms with van der Waals surface area (Å²) in [6, 6.07) is 37.7. The van der Waals surface area contributed by atoms with Gasteiger partial charge in [0.2, 0.25) is 0 Å². The van der Waals surface area contributed by atoms with Gasteiger partial charge >= 0.3 is 0 Å². The summed E-state index contributed by atoms with van der Waals surface area (Å²) in [7, 11) is 4.59. The number of likely N-dealkylation sites (N-methyl/N-ethyl adjacent to an activating group) is 2. The van der Waals surface area contributed by atoms with Gasteiger partial charge in [0.1, 0.15) is 111 Å². The van der Waals surface area contributed by atoms with E-state index in [-0.39, 0.29) is 0 Å². The number of hydrogen-bond acceptors (Lipinski definition) is 18. The molecule has 12 rings (SSSR count). The number of carboxylic acid groups (broad SMARTS) is 4. The Bertz CT molecular complexity index is 3320. The number of carbonyl (C=O) groups is 4. The third-order valence-electron chi connectivity index (χ3n) is 15.5. The Morgan fingerprint density at radius 2 is 0.774 bits per heavy atom. The van der Waals surface area contributed by atoms with E-state index in [0.29, 0.717) is 48.0 Å². The first-order chi connectivity index (χ1) is 40.6.